The van der Waals surface area contributed by atoms with Gasteiger partial charge < -0.3 is 20.7 Å². The lowest BCUT2D eigenvalue weighted by Gasteiger charge is -2.10. The summed E-state index contributed by atoms with van der Waals surface area (Å²) >= 11 is 24.7. The van der Waals surface area contributed by atoms with E-state index < -0.39 is 17.6 Å². The van der Waals surface area contributed by atoms with Gasteiger partial charge in [-0.05, 0) is 48.0 Å². The Bertz CT molecular complexity index is 1540. The van der Waals surface area contributed by atoms with E-state index in [1.807, 2.05) is 0 Å². The van der Waals surface area contributed by atoms with Crippen molar-refractivity contribution in [2.45, 2.75) is 6.54 Å². The lowest BCUT2D eigenvalue weighted by Crippen LogP contribution is -2.23. The molecule has 37 heavy (non-hydrogen) atoms. The molecule has 2 amide bonds. The molecule has 4 aromatic rings. The fourth-order valence-electron chi connectivity index (χ4n) is 3.28. The minimum atomic E-state index is -0.926. The molecule has 9 nitrogen and oxygen atoms in total. The molecule has 0 fully saturated rings. The highest BCUT2D eigenvalue weighted by atomic mass is 35.5. The van der Waals surface area contributed by atoms with E-state index in [4.69, 9.17) is 51.2 Å². The van der Waals surface area contributed by atoms with Gasteiger partial charge in [0.05, 0.1) is 17.6 Å². The monoisotopic (exact) mass is 580 g/mol. The van der Waals surface area contributed by atoms with Crippen LogP contribution in [0, 0.1) is 0 Å². The van der Waals surface area contributed by atoms with Crippen LogP contribution in [0.4, 0.5) is 5.69 Å². The number of aromatic nitrogens is 2. The van der Waals surface area contributed by atoms with Gasteiger partial charge in [-0.2, -0.15) is 0 Å². The zero-order valence-electron chi connectivity index (χ0n) is 18.5. The van der Waals surface area contributed by atoms with E-state index >= 15 is 0 Å². The van der Waals surface area contributed by atoms with Crippen LogP contribution < -0.4 is 11.1 Å². The summed E-state index contributed by atoms with van der Waals surface area (Å²) in [5.41, 5.74) is 5.80. The molecule has 0 unspecified atom stereocenters. The Hall–Kier alpha value is -3.63. The first-order valence-electron chi connectivity index (χ1n) is 10.2. The molecular weight excluding hydrogens is 566 g/mol. The van der Waals surface area contributed by atoms with Crippen molar-refractivity contribution in [3.63, 3.8) is 0 Å². The number of fused-ring (bicyclic) bond motifs is 1. The number of benzene rings is 2. The largest absolute Gasteiger partial charge is 0.508 e. The second-order valence-electron chi connectivity index (χ2n) is 7.36. The number of carbonyl (C=O) groups excluding carboxylic acids is 4. The number of pyridine rings is 1. The van der Waals surface area contributed by atoms with Crippen molar-refractivity contribution in [1.82, 2.24) is 9.55 Å². The number of halogens is 4. The summed E-state index contributed by atoms with van der Waals surface area (Å²) < 4.78 is 1.63. The Kier molecular flexibility index (Phi) is 9.12. The maximum atomic E-state index is 13.1. The fourth-order valence-corrected chi connectivity index (χ4v) is 4.26. The molecule has 190 valence electrons. The number of nitrogens with zero attached hydrogens (tertiary/aromatic N) is 2. The number of Topliss-reactive ketones (excluding diaryl/α,β-unsaturated/α-hetero) is 1. The number of hydrogen-bond acceptors (Lipinski definition) is 6. The quantitative estimate of drug-likeness (QED) is 0.128. The Morgan fingerprint density at radius 3 is 2.35 bits per heavy atom. The highest BCUT2D eigenvalue weighted by Crippen LogP contribution is 2.35. The molecule has 0 bridgehead atoms. The predicted octanol–water partition coefficient (Wildman–Crippen LogP) is 4.90. The first kappa shape index (κ1) is 27.9. The van der Waals surface area contributed by atoms with Crippen LogP contribution in [0.15, 0.2) is 54.7 Å². The number of carbonyl (C=O) groups is 4. The molecule has 4 rings (SSSR count). The molecule has 0 aliphatic heterocycles. The van der Waals surface area contributed by atoms with Crippen molar-refractivity contribution in [2.75, 3.05) is 5.32 Å². The van der Waals surface area contributed by atoms with Gasteiger partial charge >= 0.3 is 0 Å². The average molecular weight is 582 g/mol. The van der Waals surface area contributed by atoms with Crippen molar-refractivity contribution in [1.29, 1.82) is 0 Å². The molecule has 0 saturated carbocycles. The Balaban J connectivity index is 0.000000695. The summed E-state index contributed by atoms with van der Waals surface area (Å²) in [5, 5.41) is 13.9. The summed E-state index contributed by atoms with van der Waals surface area (Å²) in [6.45, 7) is 0.213. The molecule has 13 heteroatoms. The number of rotatable bonds is 6. The third-order valence-corrected chi connectivity index (χ3v) is 6.05. The van der Waals surface area contributed by atoms with Gasteiger partial charge in [0.15, 0.2) is 0 Å². The van der Waals surface area contributed by atoms with Crippen LogP contribution in [0.25, 0.3) is 10.9 Å². The van der Waals surface area contributed by atoms with Crippen molar-refractivity contribution in [3.05, 3.63) is 86.2 Å². The van der Waals surface area contributed by atoms with E-state index in [-0.39, 0.29) is 34.5 Å². The summed E-state index contributed by atoms with van der Waals surface area (Å²) in [6, 6.07) is 12.4. The van der Waals surface area contributed by atoms with E-state index in [0.29, 0.717) is 32.2 Å². The molecule has 0 aliphatic carbocycles. The van der Waals surface area contributed by atoms with Crippen molar-refractivity contribution in [2.24, 2.45) is 5.73 Å². The van der Waals surface area contributed by atoms with Crippen LogP contribution in [0.1, 0.15) is 15.9 Å². The second-order valence-corrected chi connectivity index (χ2v) is 8.95. The Labute approximate surface area is 229 Å². The number of anilines is 1. The van der Waals surface area contributed by atoms with E-state index in [1.54, 1.807) is 28.8 Å². The van der Waals surface area contributed by atoms with Gasteiger partial charge in [-0.25, -0.2) is 4.98 Å². The number of aldehydes is 1. The van der Waals surface area contributed by atoms with Gasteiger partial charge in [0.25, 0.3) is 17.6 Å². The van der Waals surface area contributed by atoms with Crippen LogP contribution in [0.2, 0.25) is 20.4 Å². The smallest absolute Gasteiger partial charge is 0.296 e. The van der Waals surface area contributed by atoms with Gasteiger partial charge in [0.2, 0.25) is 6.29 Å². The highest BCUT2D eigenvalue weighted by molar-refractivity contribution is 6.52. The maximum absolute atomic E-state index is 13.1. The van der Waals surface area contributed by atoms with Crippen LogP contribution in [0.5, 0.6) is 5.75 Å². The van der Waals surface area contributed by atoms with Gasteiger partial charge in [0.1, 0.15) is 16.1 Å². The molecule has 0 aliphatic rings. The van der Waals surface area contributed by atoms with E-state index in [2.05, 4.69) is 16.0 Å². The number of phenolic OH excluding ortho intramolecular Hbond substituents is 1. The molecule has 2 aromatic carbocycles. The Morgan fingerprint density at radius 1 is 1.03 bits per heavy atom. The predicted molar refractivity (Wildman–Crippen MR) is 142 cm³/mol. The average Bonchev–Trinajstić information content (AvgIpc) is 3.10. The Morgan fingerprint density at radius 2 is 1.73 bits per heavy atom. The van der Waals surface area contributed by atoms with Crippen LogP contribution in [-0.4, -0.2) is 38.5 Å². The van der Waals surface area contributed by atoms with Crippen molar-refractivity contribution in [3.8, 4) is 5.75 Å². The van der Waals surface area contributed by atoms with Crippen LogP contribution >= 0.6 is 46.4 Å². The number of nitrogens with one attached hydrogen (secondary N) is 1. The zero-order valence-corrected chi connectivity index (χ0v) is 21.6. The topological polar surface area (TPSA) is 144 Å². The zero-order chi connectivity index (χ0) is 27.3. The number of hydrogen-bond donors (Lipinski definition) is 3. The van der Waals surface area contributed by atoms with Gasteiger partial charge in [-0.1, -0.05) is 52.5 Å². The number of phenols is 1. The van der Waals surface area contributed by atoms with E-state index in [1.165, 1.54) is 30.5 Å². The highest BCUT2D eigenvalue weighted by Gasteiger charge is 2.27. The van der Waals surface area contributed by atoms with E-state index in [9.17, 15) is 19.5 Å². The van der Waals surface area contributed by atoms with Crippen molar-refractivity contribution < 1.29 is 24.3 Å². The third kappa shape index (κ3) is 6.78. The minimum Gasteiger partial charge on any atom is -0.508 e. The molecule has 0 saturated heterocycles. The molecule has 0 atom stereocenters. The number of ketones is 1. The SMILES string of the molecule is NC(=O)C=O.O=C(Nc1ccnc(Cl)c1)C(=O)c1c(Cl)n(Cc2ccc(Cl)cc2Cl)c2ccc(O)cc12. The fraction of sp³-hybridized carbons (Fsp3) is 0.0417. The number of amides is 2. The summed E-state index contributed by atoms with van der Waals surface area (Å²) in [7, 11) is 0. The van der Waals surface area contributed by atoms with Crippen molar-refractivity contribution >= 4 is 86.9 Å². The number of nitrogens with two attached hydrogens (primary N) is 1. The van der Waals surface area contributed by atoms with E-state index in [0.717, 1.165) is 0 Å². The lowest BCUT2D eigenvalue weighted by atomic mass is 10.1. The molecular formula is C24H16Cl4N4O5. The van der Waals surface area contributed by atoms with Gasteiger partial charge in [0, 0.05) is 27.3 Å². The molecule has 2 heterocycles. The minimum absolute atomic E-state index is 0.0320. The lowest BCUT2D eigenvalue weighted by molar-refractivity contribution is -0.129. The summed E-state index contributed by atoms with van der Waals surface area (Å²) in [6.07, 6.45) is 1.45. The van der Waals surface area contributed by atoms with Crippen LogP contribution in [0.3, 0.4) is 0 Å². The van der Waals surface area contributed by atoms with Gasteiger partial charge in [-0.3, -0.25) is 19.2 Å². The summed E-state index contributed by atoms with van der Waals surface area (Å²) in [5.74, 6) is -2.79. The normalized spacial score (nSPS) is 10.4. The second kappa shape index (κ2) is 12.1. The molecule has 4 N–H and O–H groups in total. The maximum Gasteiger partial charge on any atom is 0.296 e. The first-order valence-corrected chi connectivity index (χ1v) is 11.7. The standard InChI is InChI=1S/C22H13Cl4N3O3.C2H3NO2/c23-12-2-1-11(16(24)7-12)10-29-17-4-3-14(30)9-15(17)19(21(29)26)20(31)22(32)28-13-5-6-27-18(25)8-13;3-2(5)1-4/h1-9,30H,10H2,(H,27,28,32);1H,(H2,3,5). The molecule has 0 radical (unpaired) electrons. The van der Waals surface area contributed by atoms with Gasteiger partial charge in [-0.15, -0.1) is 0 Å². The number of primary amides is 1. The summed E-state index contributed by atoms with van der Waals surface area (Å²) in [4.78, 5) is 47.8. The third-order valence-electron chi connectivity index (χ3n) is 4.86. The van der Waals surface area contributed by atoms with Crippen LogP contribution in [-0.2, 0) is 20.9 Å². The molecule has 0 spiro atoms. The number of aromatic hydroxyl groups is 1. The molecule has 2 aromatic heterocycles. The first-order chi connectivity index (χ1) is 17.5.